The summed E-state index contributed by atoms with van der Waals surface area (Å²) in [6, 6.07) is 0.181. The van der Waals surface area contributed by atoms with Crippen LogP contribution in [0, 0.1) is 11.8 Å². The van der Waals surface area contributed by atoms with Gasteiger partial charge in [0.15, 0.2) is 0 Å². The van der Waals surface area contributed by atoms with Gasteiger partial charge < -0.3 is 15.4 Å². The summed E-state index contributed by atoms with van der Waals surface area (Å²) >= 11 is 0. The lowest BCUT2D eigenvalue weighted by molar-refractivity contribution is 0.188. The van der Waals surface area contributed by atoms with E-state index in [1.54, 1.807) is 0 Å². The summed E-state index contributed by atoms with van der Waals surface area (Å²) in [7, 11) is 0. The van der Waals surface area contributed by atoms with Crippen LogP contribution in [0.15, 0.2) is 0 Å². The highest BCUT2D eigenvalue weighted by atomic mass is 16.5. The van der Waals surface area contributed by atoms with E-state index in [2.05, 4.69) is 17.6 Å². The van der Waals surface area contributed by atoms with Gasteiger partial charge in [-0.25, -0.2) is 4.79 Å². The van der Waals surface area contributed by atoms with Crippen LogP contribution in [-0.4, -0.2) is 31.8 Å². The standard InChI is InChI=1S/C13H24N2O2/c1-10-2-4-11(5-3-10)8-14-13(16)15-12-6-7-17-9-12/h10-12H,2-9H2,1H3,(H2,14,15,16). The van der Waals surface area contributed by atoms with Gasteiger partial charge in [-0.3, -0.25) is 0 Å². The van der Waals surface area contributed by atoms with Gasteiger partial charge in [-0.15, -0.1) is 0 Å². The molecule has 17 heavy (non-hydrogen) atoms. The molecule has 2 rings (SSSR count). The highest BCUT2D eigenvalue weighted by Crippen LogP contribution is 2.27. The van der Waals surface area contributed by atoms with E-state index in [1.807, 2.05) is 0 Å². The Bertz CT molecular complexity index is 244. The van der Waals surface area contributed by atoms with Crippen LogP contribution in [0.1, 0.15) is 39.0 Å². The van der Waals surface area contributed by atoms with E-state index in [9.17, 15) is 4.79 Å². The van der Waals surface area contributed by atoms with Gasteiger partial charge in [0.25, 0.3) is 0 Å². The highest BCUT2D eigenvalue weighted by molar-refractivity contribution is 5.74. The van der Waals surface area contributed by atoms with Crippen LogP contribution in [0.3, 0.4) is 0 Å². The Hall–Kier alpha value is -0.770. The van der Waals surface area contributed by atoms with Crippen LogP contribution >= 0.6 is 0 Å². The molecule has 1 atom stereocenters. The van der Waals surface area contributed by atoms with Crippen LogP contribution in [-0.2, 0) is 4.74 Å². The molecule has 1 saturated heterocycles. The second kappa shape index (κ2) is 6.24. The quantitative estimate of drug-likeness (QED) is 0.791. The predicted octanol–water partition coefficient (Wildman–Crippen LogP) is 1.90. The molecule has 1 unspecified atom stereocenters. The number of rotatable bonds is 3. The van der Waals surface area contributed by atoms with Crippen molar-refractivity contribution in [2.24, 2.45) is 11.8 Å². The van der Waals surface area contributed by atoms with Gasteiger partial charge in [0, 0.05) is 13.2 Å². The zero-order chi connectivity index (χ0) is 12.1. The van der Waals surface area contributed by atoms with E-state index in [0.29, 0.717) is 12.5 Å². The van der Waals surface area contributed by atoms with E-state index < -0.39 is 0 Å². The minimum Gasteiger partial charge on any atom is -0.379 e. The number of carbonyl (C=O) groups is 1. The highest BCUT2D eigenvalue weighted by Gasteiger charge is 2.20. The lowest BCUT2D eigenvalue weighted by atomic mass is 9.83. The summed E-state index contributed by atoms with van der Waals surface area (Å²) in [5, 5.41) is 5.94. The fourth-order valence-electron chi connectivity index (χ4n) is 2.66. The van der Waals surface area contributed by atoms with E-state index >= 15 is 0 Å². The average molecular weight is 240 g/mol. The first kappa shape index (κ1) is 12.7. The number of amides is 2. The first-order chi connectivity index (χ1) is 8.24. The molecule has 0 radical (unpaired) electrons. The van der Waals surface area contributed by atoms with Gasteiger partial charge in [0.05, 0.1) is 12.6 Å². The molecule has 0 aromatic heterocycles. The largest absolute Gasteiger partial charge is 0.379 e. The molecule has 2 amide bonds. The average Bonchev–Trinajstić information content (AvgIpc) is 2.81. The topological polar surface area (TPSA) is 50.4 Å². The fourth-order valence-corrected chi connectivity index (χ4v) is 2.66. The molecule has 2 fully saturated rings. The van der Waals surface area contributed by atoms with Crippen molar-refractivity contribution >= 4 is 6.03 Å². The lowest BCUT2D eigenvalue weighted by Crippen LogP contribution is -2.44. The molecule has 0 spiro atoms. The van der Waals surface area contributed by atoms with Crippen molar-refractivity contribution in [1.82, 2.24) is 10.6 Å². The molecule has 98 valence electrons. The lowest BCUT2D eigenvalue weighted by Gasteiger charge is -2.26. The van der Waals surface area contributed by atoms with Crippen molar-refractivity contribution in [3.8, 4) is 0 Å². The first-order valence-corrected chi connectivity index (χ1v) is 6.86. The molecule has 2 N–H and O–H groups in total. The van der Waals surface area contributed by atoms with E-state index in [4.69, 9.17) is 4.74 Å². The van der Waals surface area contributed by atoms with Crippen LogP contribution in [0.25, 0.3) is 0 Å². The van der Waals surface area contributed by atoms with Crippen LogP contribution in [0.2, 0.25) is 0 Å². The Morgan fingerprint density at radius 2 is 2.00 bits per heavy atom. The summed E-state index contributed by atoms with van der Waals surface area (Å²) in [5.41, 5.74) is 0. The molecular weight excluding hydrogens is 216 g/mol. The predicted molar refractivity (Wildman–Crippen MR) is 66.9 cm³/mol. The Balaban J connectivity index is 1.59. The van der Waals surface area contributed by atoms with Crippen LogP contribution in [0.5, 0.6) is 0 Å². The molecule has 4 nitrogen and oxygen atoms in total. The van der Waals surface area contributed by atoms with Crippen LogP contribution < -0.4 is 10.6 Å². The maximum absolute atomic E-state index is 11.6. The molecule has 1 aliphatic heterocycles. The number of urea groups is 1. The van der Waals surface area contributed by atoms with Crippen molar-refractivity contribution in [2.45, 2.75) is 45.1 Å². The second-order valence-corrected chi connectivity index (χ2v) is 5.54. The molecule has 0 bridgehead atoms. The normalized spacial score (nSPS) is 33.4. The maximum atomic E-state index is 11.6. The fraction of sp³-hybridized carbons (Fsp3) is 0.923. The van der Waals surface area contributed by atoms with Crippen molar-refractivity contribution in [2.75, 3.05) is 19.8 Å². The molecule has 1 saturated carbocycles. The van der Waals surface area contributed by atoms with Gasteiger partial charge in [-0.1, -0.05) is 19.8 Å². The van der Waals surface area contributed by atoms with Crippen molar-refractivity contribution in [1.29, 1.82) is 0 Å². The van der Waals surface area contributed by atoms with Gasteiger partial charge in [0.1, 0.15) is 0 Å². The molecule has 1 heterocycles. The number of carbonyl (C=O) groups excluding carboxylic acids is 1. The Kier molecular flexibility index (Phi) is 4.66. The summed E-state index contributed by atoms with van der Waals surface area (Å²) in [4.78, 5) is 11.6. The molecule has 1 aliphatic carbocycles. The van der Waals surface area contributed by atoms with Gasteiger partial charge >= 0.3 is 6.03 Å². The van der Waals surface area contributed by atoms with E-state index in [1.165, 1.54) is 25.7 Å². The number of hydrogen-bond acceptors (Lipinski definition) is 2. The second-order valence-electron chi connectivity index (χ2n) is 5.54. The Morgan fingerprint density at radius 1 is 1.24 bits per heavy atom. The van der Waals surface area contributed by atoms with Crippen molar-refractivity contribution in [3.05, 3.63) is 0 Å². The Morgan fingerprint density at radius 3 is 2.65 bits per heavy atom. The molecule has 2 aliphatic rings. The van der Waals surface area contributed by atoms with Gasteiger partial charge in [-0.2, -0.15) is 0 Å². The minimum atomic E-state index is -0.0286. The third-order valence-electron chi connectivity index (χ3n) is 3.95. The SMILES string of the molecule is CC1CCC(CNC(=O)NC2CCOC2)CC1. The monoisotopic (exact) mass is 240 g/mol. The van der Waals surface area contributed by atoms with Crippen LogP contribution in [0.4, 0.5) is 4.79 Å². The van der Waals surface area contributed by atoms with Gasteiger partial charge in [0.2, 0.25) is 0 Å². The summed E-state index contributed by atoms with van der Waals surface area (Å²) in [6.45, 7) is 4.57. The number of ether oxygens (including phenoxy) is 1. The molecular formula is C13H24N2O2. The van der Waals surface area contributed by atoms with Crippen molar-refractivity contribution < 1.29 is 9.53 Å². The maximum Gasteiger partial charge on any atom is 0.315 e. The summed E-state index contributed by atoms with van der Waals surface area (Å²) in [6.07, 6.45) is 6.07. The third kappa shape index (κ3) is 4.19. The first-order valence-electron chi connectivity index (χ1n) is 6.86. The summed E-state index contributed by atoms with van der Waals surface area (Å²) in [5.74, 6) is 1.55. The van der Waals surface area contributed by atoms with Crippen molar-refractivity contribution in [3.63, 3.8) is 0 Å². The molecule has 0 aromatic carbocycles. The zero-order valence-electron chi connectivity index (χ0n) is 10.7. The van der Waals surface area contributed by atoms with E-state index in [0.717, 1.165) is 25.5 Å². The smallest absolute Gasteiger partial charge is 0.315 e. The number of hydrogen-bond donors (Lipinski definition) is 2. The molecule has 4 heteroatoms. The van der Waals surface area contributed by atoms with E-state index in [-0.39, 0.29) is 12.1 Å². The third-order valence-corrected chi connectivity index (χ3v) is 3.95. The Labute approximate surface area is 103 Å². The number of nitrogens with one attached hydrogen (secondary N) is 2. The van der Waals surface area contributed by atoms with Gasteiger partial charge in [-0.05, 0) is 31.1 Å². The summed E-state index contributed by atoms with van der Waals surface area (Å²) < 4.78 is 5.22. The molecule has 0 aromatic rings. The minimum absolute atomic E-state index is 0.0286. The zero-order valence-corrected chi connectivity index (χ0v) is 10.7.